The Labute approximate surface area is 104 Å². The van der Waals surface area contributed by atoms with Crippen LogP contribution in [0.2, 0.25) is 0 Å². The van der Waals surface area contributed by atoms with Gasteiger partial charge in [0.1, 0.15) is 0 Å². The molecule has 2 amide bonds. The molecule has 0 aromatic carbocycles. The molecule has 0 spiro atoms. The summed E-state index contributed by atoms with van der Waals surface area (Å²) in [6.07, 6.45) is 1.52. The van der Waals surface area contributed by atoms with Gasteiger partial charge in [0.2, 0.25) is 11.8 Å². The second-order valence-electron chi connectivity index (χ2n) is 4.14. The minimum atomic E-state index is -0.0311. The van der Waals surface area contributed by atoms with E-state index in [1.54, 1.807) is 11.3 Å². The van der Waals surface area contributed by atoms with Crippen LogP contribution in [0.25, 0.3) is 0 Å². The summed E-state index contributed by atoms with van der Waals surface area (Å²) in [5, 5.41) is 8.52. The molecule has 2 heterocycles. The molecule has 1 atom stereocenters. The Kier molecular flexibility index (Phi) is 3.73. The lowest BCUT2D eigenvalue weighted by Gasteiger charge is -2.23. The second kappa shape index (κ2) is 5.27. The first-order chi connectivity index (χ1) is 8.13. The van der Waals surface area contributed by atoms with E-state index in [-0.39, 0.29) is 17.9 Å². The molecule has 1 fully saturated rings. The molecule has 1 aliphatic rings. The molecular weight excluding hydrogens is 238 g/mol. The van der Waals surface area contributed by atoms with Gasteiger partial charge in [-0.3, -0.25) is 9.59 Å². The highest BCUT2D eigenvalue weighted by Crippen LogP contribution is 2.09. The molecule has 17 heavy (non-hydrogen) atoms. The fourth-order valence-corrected chi connectivity index (χ4v) is 2.40. The highest BCUT2D eigenvalue weighted by atomic mass is 32.1. The van der Waals surface area contributed by atoms with Crippen molar-refractivity contribution in [3.8, 4) is 0 Å². The van der Waals surface area contributed by atoms with Crippen LogP contribution in [0.4, 0.5) is 0 Å². The molecule has 2 N–H and O–H groups in total. The van der Waals surface area contributed by atoms with Crippen LogP contribution in [0.1, 0.15) is 23.5 Å². The molecule has 1 aliphatic heterocycles. The fourth-order valence-electron chi connectivity index (χ4n) is 1.79. The zero-order valence-corrected chi connectivity index (χ0v) is 10.5. The van der Waals surface area contributed by atoms with Gasteiger partial charge in [-0.25, -0.2) is 4.98 Å². The Morgan fingerprint density at radius 3 is 3.12 bits per heavy atom. The Balaban J connectivity index is 1.79. The van der Waals surface area contributed by atoms with E-state index in [4.69, 9.17) is 0 Å². The maximum absolute atomic E-state index is 11.7. The van der Waals surface area contributed by atoms with Crippen LogP contribution in [0.5, 0.6) is 0 Å². The van der Waals surface area contributed by atoms with Gasteiger partial charge >= 0.3 is 0 Å². The number of thiazole rings is 1. The number of aromatic nitrogens is 1. The topological polar surface area (TPSA) is 71.1 Å². The number of hydrogen-bond donors (Lipinski definition) is 2. The zero-order valence-electron chi connectivity index (χ0n) is 9.66. The monoisotopic (exact) mass is 253 g/mol. The lowest BCUT2D eigenvalue weighted by molar-refractivity contribution is -0.125. The number of hydrogen-bond acceptors (Lipinski definition) is 4. The van der Waals surface area contributed by atoms with E-state index in [2.05, 4.69) is 15.6 Å². The summed E-state index contributed by atoms with van der Waals surface area (Å²) >= 11 is 1.54. The van der Waals surface area contributed by atoms with Gasteiger partial charge < -0.3 is 10.6 Å². The van der Waals surface area contributed by atoms with Gasteiger partial charge in [0, 0.05) is 24.4 Å². The standard InChI is InChI=1S/C11H15N3O2S/c1-7-13-9(6-17-7)4-11(16)14-8-2-3-10(15)12-5-8/h6,8H,2-5H2,1H3,(H,12,15)(H,14,16). The molecule has 1 unspecified atom stereocenters. The molecule has 1 saturated heterocycles. The van der Waals surface area contributed by atoms with E-state index in [1.165, 1.54) is 0 Å². The van der Waals surface area contributed by atoms with Crippen molar-refractivity contribution in [3.63, 3.8) is 0 Å². The van der Waals surface area contributed by atoms with Crippen LogP contribution in [0, 0.1) is 6.92 Å². The van der Waals surface area contributed by atoms with Crippen LogP contribution in [0.15, 0.2) is 5.38 Å². The third-order valence-corrected chi connectivity index (χ3v) is 3.46. The van der Waals surface area contributed by atoms with E-state index in [1.807, 2.05) is 12.3 Å². The van der Waals surface area contributed by atoms with Crippen molar-refractivity contribution in [2.24, 2.45) is 0 Å². The van der Waals surface area contributed by atoms with E-state index < -0.39 is 0 Å². The van der Waals surface area contributed by atoms with E-state index >= 15 is 0 Å². The largest absolute Gasteiger partial charge is 0.354 e. The van der Waals surface area contributed by atoms with E-state index in [0.717, 1.165) is 10.7 Å². The first-order valence-electron chi connectivity index (χ1n) is 5.60. The number of nitrogens with zero attached hydrogens (tertiary/aromatic N) is 1. The number of amides is 2. The summed E-state index contributed by atoms with van der Waals surface area (Å²) in [5.41, 5.74) is 0.810. The van der Waals surface area contributed by atoms with Crippen LogP contribution in [-0.2, 0) is 16.0 Å². The van der Waals surface area contributed by atoms with Crippen molar-refractivity contribution < 1.29 is 9.59 Å². The highest BCUT2D eigenvalue weighted by Gasteiger charge is 2.19. The number of carbonyl (C=O) groups excluding carboxylic acids is 2. The quantitative estimate of drug-likeness (QED) is 0.818. The van der Waals surface area contributed by atoms with Crippen molar-refractivity contribution in [2.75, 3.05) is 6.54 Å². The Morgan fingerprint density at radius 1 is 1.71 bits per heavy atom. The average molecular weight is 253 g/mol. The van der Waals surface area contributed by atoms with Crippen LogP contribution < -0.4 is 10.6 Å². The third kappa shape index (κ3) is 3.52. The molecule has 0 saturated carbocycles. The van der Waals surface area contributed by atoms with Crippen LogP contribution in [-0.4, -0.2) is 29.4 Å². The van der Waals surface area contributed by atoms with Gasteiger partial charge in [-0.05, 0) is 13.3 Å². The van der Waals surface area contributed by atoms with Crippen molar-refractivity contribution in [3.05, 3.63) is 16.1 Å². The molecule has 6 heteroatoms. The minimum Gasteiger partial charge on any atom is -0.354 e. The van der Waals surface area contributed by atoms with Crippen molar-refractivity contribution in [2.45, 2.75) is 32.2 Å². The SMILES string of the molecule is Cc1nc(CC(=O)NC2CCC(=O)NC2)cs1. The Morgan fingerprint density at radius 2 is 2.53 bits per heavy atom. The number of rotatable bonds is 3. The molecule has 0 aliphatic carbocycles. The van der Waals surface area contributed by atoms with Crippen molar-refractivity contribution >= 4 is 23.2 Å². The number of aryl methyl sites for hydroxylation is 1. The number of piperidine rings is 1. The lowest BCUT2D eigenvalue weighted by atomic mass is 10.1. The minimum absolute atomic E-state index is 0.0311. The van der Waals surface area contributed by atoms with Crippen LogP contribution >= 0.6 is 11.3 Å². The summed E-state index contributed by atoms with van der Waals surface area (Å²) in [5.74, 6) is 0.0297. The molecule has 1 aromatic heterocycles. The van der Waals surface area contributed by atoms with Crippen LogP contribution in [0.3, 0.4) is 0 Å². The average Bonchev–Trinajstić information content (AvgIpc) is 2.67. The second-order valence-corrected chi connectivity index (χ2v) is 5.20. The van der Waals surface area contributed by atoms with Gasteiger partial charge in [-0.1, -0.05) is 0 Å². The highest BCUT2D eigenvalue weighted by molar-refractivity contribution is 7.09. The smallest absolute Gasteiger partial charge is 0.226 e. The summed E-state index contributed by atoms with van der Waals surface area (Å²) in [6.45, 7) is 2.45. The first-order valence-corrected chi connectivity index (χ1v) is 6.48. The summed E-state index contributed by atoms with van der Waals surface area (Å²) in [6, 6.07) is 0.0555. The van der Waals surface area contributed by atoms with Gasteiger partial charge in [0.15, 0.2) is 0 Å². The summed E-state index contributed by atoms with van der Waals surface area (Å²) in [7, 11) is 0. The van der Waals surface area contributed by atoms with Gasteiger partial charge in [-0.2, -0.15) is 0 Å². The van der Waals surface area contributed by atoms with Gasteiger partial charge in [-0.15, -0.1) is 11.3 Å². The van der Waals surface area contributed by atoms with E-state index in [0.29, 0.717) is 25.8 Å². The van der Waals surface area contributed by atoms with Crippen molar-refractivity contribution in [1.82, 2.24) is 15.6 Å². The molecular formula is C11H15N3O2S. The normalized spacial score (nSPS) is 19.8. The zero-order chi connectivity index (χ0) is 12.3. The molecule has 0 radical (unpaired) electrons. The van der Waals surface area contributed by atoms with Gasteiger partial charge in [0.25, 0.3) is 0 Å². The summed E-state index contributed by atoms with van der Waals surface area (Å²) < 4.78 is 0. The van der Waals surface area contributed by atoms with Gasteiger partial charge in [0.05, 0.1) is 17.1 Å². The molecule has 0 bridgehead atoms. The van der Waals surface area contributed by atoms with Crippen molar-refractivity contribution in [1.29, 1.82) is 0 Å². The number of nitrogens with one attached hydrogen (secondary N) is 2. The third-order valence-electron chi connectivity index (χ3n) is 2.64. The fraction of sp³-hybridized carbons (Fsp3) is 0.545. The molecule has 5 nitrogen and oxygen atoms in total. The Hall–Kier alpha value is -1.43. The predicted octanol–water partition coefficient (Wildman–Crippen LogP) is 0.389. The molecule has 2 rings (SSSR count). The predicted molar refractivity (Wildman–Crippen MR) is 64.7 cm³/mol. The van der Waals surface area contributed by atoms with E-state index in [9.17, 15) is 9.59 Å². The summed E-state index contributed by atoms with van der Waals surface area (Å²) in [4.78, 5) is 26.9. The lowest BCUT2D eigenvalue weighted by Crippen LogP contribution is -2.48. The first kappa shape index (κ1) is 12.0. The molecule has 92 valence electrons. The maximum Gasteiger partial charge on any atom is 0.226 e. The number of carbonyl (C=O) groups is 2. The Bertz CT molecular complexity index is 420. The molecule has 1 aromatic rings. The maximum atomic E-state index is 11.7.